The Labute approximate surface area is 135 Å². The summed E-state index contributed by atoms with van der Waals surface area (Å²) in [5.41, 5.74) is 3.16. The van der Waals surface area contributed by atoms with Gasteiger partial charge in [0.25, 0.3) is 0 Å². The maximum Gasteiger partial charge on any atom is 0.161 e. The van der Waals surface area contributed by atoms with Crippen LogP contribution in [0, 0.1) is 11.3 Å². The fourth-order valence-corrected chi connectivity index (χ4v) is 2.34. The van der Waals surface area contributed by atoms with Crippen LogP contribution >= 0.6 is 0 Å². The minimum Gasteiger partial charge on any atom is -0.209 e. The van der Waals surface area contributed by atoms with Crippen LogP contribution in [-0.2, 0) is 12.8 Å². The molecule has 0 amide bonds. The van der Waals surface area contributed by atoms with Crippen molar-refractivity contribution in [3.05, 3.63) is 76.6 Å². The molecule has 0 aliphatic carbocycles. The zero-order valence-corrected chi connectivity index (χ0v) is 13.2. The molecule has 0 aromatic heterocycles. The molecule has 118 valence electrons. The fraction of sp³-hybridized carbons (Fsp3) is 0.250. The Hall–Kier alpha value is -2.47. The van der Waals surface area contributed by atoms with Crippen molar-refractivity contribution >= 4 is 5.83 Å². The van der Waals surface area contributed by atoms with Crippen LogP contribution in [0.25, 0.3) is 5.83 Å². The van der Waals surface area contributed by atoms with Gasteiger partial charge in [-0.3, -0.25) is 0 Å². The van der Waals surface area contributed by atoms with Crippen molar-refractivity contribution in [2.75, 3.05) is 0 Å². The molecule has 0 aliphatic heterocycles. The Kier molecular flexibility index (Phi) is 6.05. The molecule has 2 aromatic rings. The maximum atomic E-state index is 13.8. The van der Waals surface area contributed by atoms with E-state index in [4.69, 9.17) is 5.26 Å². The van der Waals surface area contributed by atoms with Crippen LogP contribution in [0.15, 0.2) is 54.4 Å². The van der Waals surface area contributed by atoms with Crippen molar-refractivity contribution < 1.29 is 8.78 Å². The second-order valence-corrected chi connectivity index (χ2v) is 5.47. The monoisotopic (exact) mass is 311 g/mol. The molecule has 0 aliphatic rings. The molecule has 0 fully saturated rings. The van der Waals surface area contributed by atoms with Gasteiger partial charge < -0.3 is 0 Å². The molecular formula is C20H19F2N. The standard InChI is InChI=1S/C20H19F2N/c1-2-3-19(21)20(22)18-12-10-16(11-13-18)5-4-15-6-8-17(14-23)9-7-15/h6-13H,2-5H2,1H3/b20-19+. The highest BCUT2D eigenvalue weighted by atomic mass is 19.2. The van der Waals surface area contributed by atoms with E-state index >= 15 is 0 Å². The predicted octanol–water partition coefficient (Wildman–Crippen LogP) is 5.75. The van der Waals surface area contributed by atoms with E-state index in [0.29, 0.717) is 12.0 Å². The lowest BCUT2D eigenvalue weighted by atomic mass is 10.0. The van der Waals surface area contributed by atoms with Crippen LogP contribution < -0.4 is 0 Å². The van der Waals surface area contributed by atoms with Crippen molar-refractivity contribution in [1.82, 2.24) is 0 Å². The number of halogens is 2. The van der Waals surface area contributed by atoms with Crippen molar-refractivity contribution in [1.29, 1.82) is 5.26 Å². The number of nitrogens with zero attached hydrogens (tertiary/aromatic N) is 1. The Balaban J connectivity index is 2.00. The van der Waals surface area contributed by atoms with Gasteiger partial charge in [-0.1, -0.05) is 43.3 Å². The minimum atomic E-state index is -0.759. The number of aryl methyl sites for hydroxylation is 2. The van der Waals surface area contributed by atoms with Crippen LogP contribution in [0.2, 0.25) is 0 Å². The number of allylic oxidation sites excluding steroid dienone is 1. The number of hydrogen-bond acceptors (Lipinski definition) is 1. The van der Waals surface area contributed by atoms with E-state index in [0.717, 1.165) is 24.0 Å². The van der Waals surface area contributed by atoms with Gasteiger partial charge in [-0.2, -0.15) is 5.26 Å². The Morgan fingerprint density at radius 3 is 1.91 bits per heavy atom. The highest BCUT2D eigenvalue weighted by Crippen LogP contribution is 2.24. The third-order valence-electron chi connectivity index (χ3n) is 3.70. The molecule has 3 heteroatoms. The molecule has 0 radical (unpaired) electrons. The molecule has 0 heterocycles. The lowest BCUT2D eigenvalue weighted by Gasteiger charge is -2.05. The van der Waals surface area contributed by atoms with Crippen molar-refractivity contribution in [3.63, 3.8) is 0 Å². The zero-order valence-electron chi connectivity index (χ0n) is 13.2. The van der Waals surface area contributed by atoms with E-state index < -0.39 is 11.7 Å². The van der Waals surface area contributed by atoms with Gasteiger partial charge in [-0.15, -0.1) is 0 Å². The summed E-state index contributed by atoms with van der Waals surface area (Å²) in [7, 11) is 0. The summed E-state index contributed by atoms with van der Waals surface area (Å²) in [5, 5.41) is 8.77. The zero-order chi connectivity index (χ0) is 16.7. The Bertz CT molecular complexity index is 707. The van der Waals surface area contributed by atoms with Crippen molar-refractivity contribution in [2.24, 2.45) is 0 Å². The van der Waals surface area contributed by atoms with Gasteiger partial charge >= 0.3 is 0 Å². The first-order valence-corrected chi connectivity index (χ1v) is 7.76. The summed E-state index contributed by atoms with van der Waals surface area (Å²) in [6.45, 7) is 1.82. The quantitative estimate of drug-likeness (QED) is 0.666. The van der Waals surface area contributed by atoms with Gasteiger partial charge in [-0.05, 0) is 42.5 Å². The molecule has 0 spiro atoms. The van der Waals surface area contributed by atoms with E-state index in [1.165, 1.54) is 0 Å². The predicted molar refractivity (Wildman–Crippen MR) is 89.1 cm³/mol. The average Bonchev–Trinajstić information content (AvgIpc) is 2.60. The molecule has 0 atom stereocenters. The van der Waals surface area contributed by atoms with Crippen LogP contribution in [0.4, 0.5) is 8.78 Å². The maximum absolute atomic E-state index is 13.8. The SMILES string of the molecule is CCC/C(F)=C(\F)c1ccc(CCc2ccc(C#N)cc2)cc1. The van der Waals surface area contributed by atoms with E-state index in [-0.39, 0.29) is 12.0 Å². The van der Waals surface area contributed by atoms with E-state index in [9.17, 15) is 8.78 Å². The first-order valence-electron chi connectivity index (χ1n) is 7.76. The van der Waals surface area contributed by atoms with Gasteiger partial charge in [0, 0.05) is 12.0 Å². The summed E-state index contributed by atoms with van der Waals surface area (Å²) in [6, 6.07) is 16.5. The summed E-state index contributed by atoms with van der Waals surface area (Å²) < 4.78 is 27.3. The molecule has 1 nitrogen and oxygen atoms in total. The Morgan fingerprint density at radius 1 is 0.913 bits per heavy atom. The van der Waals surface area contributed by atoms with Gasteiger partial charge in [-0.25, -0.2) is 8.78 Å². The number of hydrogen-bond donors (Lipinski definition) is 0. The van der Waals surface area contributed by atoms with Gasteiger partial charge in [0.05, 0.1) is 11.6 Å². The molecule has 0 bridgehead atoms. The summed E-state index contributed by atoms with van der Waals surface area (Å²) >= 11 is 0. The van der Waals surface area contributed by atoms with E-state index in [1.54, 1.807) is 24.3 Å². The summed E-state index contributed by atoms with van der Waals surface area (Å²) in [6.07, 6.45) is 2.37. The third kappa shape index (κ3) is 4.75. The second kappa shape index (κ2) is 8.24. The number of benzene rings is 2. The van der Waals surface area contributed by atoms with Crippen molar-refractivity contribution in [2.45, 2.75) is 32.6 Å². The minimum absolute atomic E-state index is 0.131. The molecule has 0 saturated carbocycles. The first kappa shape index (κ1) is 16.9. The largest absolute Gasteiger partial charge is 0.209 e. The lowest BCUT2D eigenvalue weighted by molar-refractivity contribution is 0.559. The smallest absolute Gasteiger partial charge is 0.161 e. The number of rotatable bonds is 6. The summed E-state index contributed by atoms with van der Waals surface area (Å²) in [4.78, 5) is 0. The third-order valence-corrected chi connectivity index (χ3v) is 3.70. The molecule has 0 unspecified atom stereocenters. The summed E-state index contributed by atoms with van der Waals surface area (Å²) in [5.74, 6) is -1.44. The fourth-order valence-electron chi connectivity index (χ4n) is 2.34. The van der Waals surface area contributed by atoms with E-state index in [1.807, 2.05) is 31.2 Å². The second-order valence-electron chi connectivity index (χ2n) is 5.47. The molecule has 0 saturated heterocycles. The Morgan fingerprint density at radius 2 is 1.43 bits per heavy atom. The normalized spacial score (nSPS) is 11.7. The molecule has 0 N–H and O–H groups in total. The van der Waals surface area contributed by atoms with Gasteiger partial charge in [0.15, 0.2) is 5.83 Å². The first-order chi connectivity index (χ1) is 11.1. The van der Waals surface area contributed by atoms with E-state index in [2.05, 4.69) is 6.07 Å². The molecular weight excluding hydrogens is 292 g/mol. The highest BCUT2D eigenvalue weighted by Gasteiger charge is 2.08. The van der Waals surface area contributed by atoms with Crippen LogP contribution in [-0.4, -0.2) is 0 Å². The molecule has 23 heavy (non-hydrogen) atoms. The molecule has 2 aromatic carbocycles. The topological polar surface area (TPSA) is 23.8 Å². The van der Waals surface area contributed by atoms with Crippen LogP contribution in [0.5, 0.6) is 0 Å². The van der Waals surface area contributed by atoms with Gasteiger partial charge in [0.2, 0.25) is 0 Å². The van der Waals surface area contributed by atoms with Gasteiger partial charge in [0.1, 0.15) is 5.83 Å². The highest BCUT2D eigenvalue weighted by molar-refractivity contribution is 5.61. The van der Waals surface area contributed by atoms with Crippen LogP contribution in [0.3, 0.4) is 0 Å². The lowest BCUT2D eigenvalue weighted by Crippen LogP contribution is -1.92. The number of nitriles is 1. The van der Waals surface area contributed by atoms with Crippen LogP contribution in [0.1, 0.15) is 42.0 Å². The average molecular weight is 311 g/mol. The molecule has 2 rings (SSSR count). The van der Waals surface area contributed by atoms with Crippen molar-refractivity contribution in [3.8, 4) is 6.07 Å².